The van der Waals surface area contributed by atoms with E-state index in [4.69, 9.17) is 0 Å². The van der Waals surface area contributed by atoms with Gasteiger partial charge in [0.2, 0.25) is 0 Å². The summed E-state index contributed by atoms with van der Waals surface area (Å²) in [4.78, 5) is 17.7. The molecule has 0 fully saturated rings. The fourth-order valence-electron chi connectivity index (χ4n) is 1.72. The van der Waals surface area contributed by atoms with Gasteiger partial charge in [0.25, 0.3) is 5.91 Å². The molecule has 94 valence electrons. The molecule has 0 aliphatic carbocycles. The summed E-state index contributed by atoms with van der Waals surface area (Å²) < 4.78 is 1.84. The second-order valence-corrected chi connectivity index (χ2v) is 4.11. The van der Waals surface area contributed by atoms with Crippen LogP contribution in [0.5, 0.6) is 0 Å². The number of carbonyl (C=O) groups excluding carboxylic acids is 1. The predicted octanol–water partition coefficient (Wildman–Crippen LogP) is 1.57. The maximum atomic E-state index is 12.1. The number of pyridine rings is 1. The second kappa shape index (κ2) is 5.44. The van der Waals surface area contributed by atoms with Crippen molar-refractivity contribution in [3.63, 3.8) is 0 Å². The van der Waals surface area contributed by atoms with Crippen molar-refractivity contribution in [1.82, 2.24) is 19.7 Å². The molecule has 5 nitrogen and oxygen atoms in total. The molecule has 2 rings (SSSR count). The highest BCUT2D eigenvalue weighted by Gasteiger charge is 2.12. The molecule has 0 atom stereocenters. The molecule has 1 amide bonds. The Bertz CT molecular complexity index is 521. The molecular formula is C13H16N4O. The van der Waals surface area contributed by atoms with Gasteiger partial charge in [-0.2, -0.15) is 5.10 Å². The lowest BCUT2D eigenvalue weighted by Gasteiger charge is -2.15. The van der Waals surface area contributed by atoms with Crippen LogP contribution in [-0.4, -0.2) is 32.6 Å². The van der Waals surface area contributed by atoms with Gasteiger partial charge in [-0.3, -0.25) is 14.5 Å². The van der Waals surface area contributed by atoms with Crippen molar-refractivity contribution in [1.29, 1.82) is 0 Å². The summed E-state index contributed by atoms with van der Waals surface area (Å²) in [5, 5.41) is 4.19. The van der Waals surface area contributed by atoms with Gasteiger partial charge < -0.3 is 4.90 Å². The van der Waals surface area contributed by atoms with Crippen LogP contribution in [0.15, 0.2) is 36.9 Å². The fourth-order valence-corrected chi connectivity index (χ4v) is 1.72. The topological polar surface area (TPSA) is 51.0 Å². The zero-order chi connectivity index (χ0) is 13.0. The number of hydrogen-bond donors (Lipinski definition) is 0. The van der Waals surface area contributed by atoms with Crippen molar-refractivity contribution in [2.45, 2.75) is 20.0 Å². The first-order valence-electron chi connectivity index (χ1n) is 5.87. The Balaban J connectivity index is 2.03. The Kier molecular flexibility index (Phi) is 3.72. The van der Waals surface area contributed by atoms with Crippen molar-refractivity contribution in [3.8, 4) is 0 Å². The van der Waals surface area contributed by atoms with Crippen LogP contribution in [0.2, 0.25) is 0 Å². The summed E-state index contributed by atoms with van der Waals surface area (Å²) in [6, 6.07) is 3.53. The number of aromatic nitrogens is 3. The fraction of sp³-hybridized carbons (Fsp3) is 0.308. The van der Waals surface area contributed by atoms with Crippen LogP contribution in [0, 0.1) is 0 Å². The molecule has 0 aliphatic heterocycles. The van der Waals surface area contributed by atoms with Gasteiger partial charge in [0.05, 0.1) is 11.8 Å². The van der Waals surface area contributed by atoms with Crippen LogP contribution in [0.3, 0.4) is 0 Å². The van der Waals surface area contributed by atoms with Crippen LogP contribution in [0.1, 0.15) is 22.8 Å². The molecule has 2 heterocycles. The molecule has 18 heavy (non-hydrogen) atoms. The maximum Gasteiger partial charge on any atom is 0.255 e. The van der Waals surface area contributed by atoms with Crippen LogP contribution in [0.25, 0.3) is 0 Å². The standard InChI is InChI=1S/C13H16N4O/c1-3-17-10-11(7-15-17)9-16(2)13(18)12-5-4-6-14-8-12/h4-8,10H,3,9H2,1-2H3. The van der Waals surface area contributed by atoms with Gasteiger partial charge in [0.15, 0.2) is 0 Å². The number of carbonyl (C=O) groups is 1. The lowest BCUT2D eigenvalue weighted by molar-refractivity contribution is 0.0784. The zero-order valence-electron chi connectivity index (χ0n) is 10.6. The molecule has 0 N–H and O–H groups in total. The van der Waals surface area contributed by atoms with Crippen molar-refractivity contribution in [2.24, 2.45) is 0 Å². The number of hydrogen-bond acceptors (Lipinski definition) is 3. The first-order valence-corrected chi connectivity index (χ1v) is 5.87. The molecule has 2 aromatic heterocycles. The molecule has 0 saturated heterocycles. The van der Waals surface area contributed by atoms with E-state index in [1.54, 1.807) is 42.7 Å². The summed E-state index contributed by atoms with van der Waals surface area (Å²) in [6.45, 7) is 3.41. The van der Waals surface area contributed by atoms with E-state index >= 15 is 0 Å². The third-order valence-electron chi connectivity index (χ3n) is 2.69. The third kappa shape index (κ3) is 2.74. The van der Waals surface area contributed by atoms with Crippen LogP contribution in [0.4, 0.5) is 0 Å². The number of aryl methyl sites for hydroxylation is 1. The molecule has 0 aliphatic rings. The Morgan fingerprint density at radius 2 is 2.28 bits per heavy atom. The first-order chi connectivity index (χ1) is 8.70. The summed E-state index contributed by atoms with van der Waals surface area (Å²) in [5.41, 5.74) is 1.62. The van der Waals surface area contributed by atoms with E-state index < -0.39 is 0 Å². The molecule has 0 saturated carbocycles. The van der Waals surface area contributed by atoms with E-state index in [0.717, 1.165) is 12.1 Å². The van der Waals surface area contributed by atoms with Crippen molar-refractivity contribution >= 4 is 5.91 Å². The molecule has 2 aromatic rings. The van der Waals surface area contributed by atoms with E-state index in [1.807, 2.05) is 17.8 Å². The highest BCUT2D eigenvalue weighted by Crippen LogP contribution is 2.06. The Morgan fingerprint density at radius 3 is 2.89 bits per heavy atom. The minimum atomic E-state index is -0.0349. The summed E-state index contributed by atoms with van der Waals surface area (Å²) in [6.07, 6.45) is 6.97. The van der Waals surface area contributed by atoms with Crippen molar-refractivity contribution < 1.29 is 4.79 Å². The largest absolute Gasteiger partial charge is 0.337 e. The van der Waals surface area contributed by atoms with Crippen molar-refractivity contribution in [3.05, 3.63) is 48.0 Å². The molecule has 0 unspecified atom stereocenters. The summed E-state index contributed by atoms with van der Waals surface area (Å²) in [7, 11) is 1.78. The Hall–Kier alpha value is -2.17. The monoisotopic (exact) mass is 244 g/mol. The van der Waals surface area contributed by atoms with E-state index in [1.165, 1.54) is 0 Å². The van der Waals surface area contributed by atoms with E-state index in [2.05, 4.69) is 10.1 Å². The quantitative estimate of drug-likeness (QED) is 0.820. The average Bonchev–Trinajstić information content (AvgIpc) is 2.86. The van der Waals surface area contributed by atoms with Crippen LogP contribution in [-0.2, 0) is 13.1 Å². The van der Waals surface area contributed by atoms with Crippen molar-refractivity contribution in [2.75, 3.05) is 7.05 Å². The van der Waals surface area contributed by atoms with Gasteiger partial charge in [-0.05, 0) is 19.1 Å². The predicted molar refractivity (Wildman–Crippen MR) is 67.9 cm³/mol. The third-order valence-corrected chi connectivity index (χ3v) is 2.69. The van der Waals surface area contributed by atoms with Gasteiger partial charge in [0.1, 0.15) is 0 Å². The number of rotatable bonds is 4. The Morgan fingerprint density at radius 1 is 1.44 bits per heavy atom. The first kappa shape index (κ1) is 12.3. The summed E-state index contributed by atoms with van der Waals surface area (Å²) >= 11 is 0. The van der Waals surface area contributed by atoms with Gasteiger partial charge in [0, 0.05) is 44.3 Å². The van der Waals surface area contributed by atoms with Gasteiger partial charge in [-0.1, -0.05) is 0 Å². The van der Waals surface area contributed by atoms with E-state index in [0.29, 0.717) is 12.1 Å². The maximum absolute atomic E-state index is 12.1. The molecule has 0 aromatic carbocycles. The number of nitrogens with zero attached hydrogens (tertiary/aromatic N) is 4. The molecule has 0 spiro atoms. The zero-order valence-corrected chi connectivity index (χ0v) is 10.6. The lowest BCUT2D eigenvalue weighted by atomic mass is 10.2. The smallest absolute Gasteiger partial charge is 0.255 e. The van der Waals surface area contributed by atoms with Gasteiger partial charge >= 0.3 is 0 Å². The number of amides is 1. The van der Waals surface area contributed by atoms with E-state index in [-0.39, 0.29) is 5.91 Å². The van der Waals surface area contributed by atoms with Gasteiger partial charge in [-0.25, -0.2) is 0 Å². The molecule has 5 heteroatoms. The summed E-state index contributed by atoms with van der Waals surface area (Å²) in [5.74, 6) is -0.0349. The van der Waals surface area contributed by atoms with Gasteiger partial charge in [-0.15, -0.1) is 0 Å². The minimum absolute atomic E-state index is 0.0349. The average molecular weight is 244 g/mol. The second-order valence-electron chi connectivity index (χ2n) is 4.11. The highest BCUT2D eigenvalue weighted by molar-refractivity contribution is 5.93. The van der Waals surface area contributed by atoms with Crippen LogP contribution >= 0.6 is 0 Å². The highest BCUT2D eigenvalue weighted by atomic mass is 16.2. The molecule has 0 bridgehead atoms. The van der Waals surface area contributed by atoms with E-state index in [9.17, 15) is 4.79 Å². The van der Waals surface area contributed by atoms with Crippen LogP contribution < -0.4 is 0 Å². The molecular weight excluding hydrogens is 228 g/mol. The Labute approximate surface area is 106 Å². The normalized spacial score (nSPS) is 10.3. The lowest BCUT2D eigenvalue weighted by Crippen LogP contribution is -2.26. The SMILES string of the molecule is CCn1cc(CN(C)C(=O)c2cccnc2)cn1. The molecule has 0 radical (unpaired) electrons. The minimum Gasteiger partial charge on any atom is -0.337 e.